The van der Waals surface area contributed by atoms with Gasteiger partial charge in [0, 0.05) is 16.8 Å². The van der Waals surface area contributed by atoms with Crippen molar-refractivity contribution in [2.24, 2.45) is 0 Å². The van der Waals surface area contributed by atoms with Gasteiger partial charge in [-0.25, -0.2) is 9.67 Å². The molecule has 0 aliphatic carbocycles. The largest absolute Gasteiger partial charge is 0.302 e. The van der Waals surface area contributed by atoms with Gasteiger partial charge in [0.25, 0.3) is 5.91 Å². The maximum absolute atomic E-state index is 12.8. The van der Waals surface area contributed by atoms with Crippen LogP contribution in [-0.2, 0) is 12.0 Å². The summed E-state index contributed by atoms with van der Waals surface area (Å²) in [5.41, 5.74) is 1.78. The second-order valence-corrected chi connectivity index (χ2v) is 7.12. The number of hydrogen-bond donors (Lipinski definition) is 0. The molecule has 1 atom stereocenters. The van der Waals surface area contributed by atoms with E-state index in [1.165, 1.54) is 0 Å². The van der Waals surface area contributed by atoms with E-state index in [1.807, 2.05) is 39.8 Å². The summed E-state index contributed by atoms with van der Waals surface area (Å²) in [5.74, 6) is 0.0566. The Morgan fingerprint density at radius 2 is 2.09 bits per heavy atom. The van der Waals surface area contributed by atoms with Gasteiger partial charge in [-0.05, 0) is 57.9 Å². The van der Waals surface area contributed by atoms with Crippen LogP contribution in [0.25, 0.3) is 0 Å². The molecule has 0 bridgehead atoms. The number of benzene rings is 1. The number of carbonyl (C=O) groups excluding carboxylic acids is 1. The minimum Gasteiger partial charge on any atom is -0.302 e. The maximum Gasteiger partial charge on any atom is 0.298 e. The fourth-order valence-electron chi connectivity index (χ4n) is 2.70. The molecule has 1 aromatic heterocycles. The highest BCUT2D eigenvalue weighted by Gasteiger charge is 2.33. The van der Waals surface area contributed by atoms with E-state index in [0.29, 0.717) is 5.02 Å². The zero-order valence-corrected chi connectivity index (χ0v) is 13.9. The quantitative estimate of drug-likeness (QED) is 0.810. The molecule has 6 heteroatoms. The van der Waals surface area contributed by atoms with Crippen molar-refractivity contribution < 1.29 is 4.79 Å². The lowest BCUT2D eigenvalue weighted by Gasteiger charge is -2.21. The number of anilines is 1. The topological polar surface area (TPSA) is 51.0 Å². The van der Waals surface area contributed by atoms with Crippen LogP contribution in [0.15, 0.2) is 24.5 Å². The fourth-order valence-corrected chi connectivity index (χ4v) is 2.90. The Morgan fingerprint density at radius 3 is 2.73 bits per heavy atom. The van der Waals surface area contributed by atoms with E-state index in [2.05, 4.69) is 10.1 Å². The predicted molar refractivity (Wildman–Crippen MR) is 86.4 cm³/mol. The smallest absolute Gasteiger partial charge is 0.298 e. The summed E-state index contributed by atoms with van der Waals surface area (Å²) in [6.07, 6.45) is 2.40. The van der Waals surface area contributed by atoms with Gasteiger partial charge in [-0.15, -0.1) is 5.10 Å². The standard InChI is InChI=1S/C16H19ClN4O/c1-10-7-11-8-12(17)5-6-13(11)21(10)15(22)14-18-9-20(19-14)16(2,3)4/h5-6,8-10H,7H2,1-4H3. The van der Waals surface area contributed by atoms with Gasteiger partial charge in [-0.1, -0.05) is 11.6 Å². The lowest BCUT2D eigenvalue weighted by molar-refractivity contribution is 0.0970. The number of amides is 1. The van der Waals surface area contributed by atoms with E-state index < -0.39 is 0 Å². The van der Waals surface area contributed by atoms with Crippen LogP contribution in [0.5, 0.6) is 0 Å². The highest BCUT2D eigenvalue weighted by molar-refractivity contribution is 6.30. The Balaban J connectivity index is 1.95. The van der Waals surface area contributed by atoms with Gasteiger partial charge >= 0.3 is 0 Å². The van der Waals surface area contributed by atoms with Crippen molar-refractivity contribution >= 4 is 23.2 Å². The van der Waals surface area contributed by atoms with Gasteiger partial charge < -0.3 is 4.90 Å². The summed E-state index contributed by atoms with van der Waals surface area (Å²) >= 11 is 6.04. The SMILES string of the molecule is CC1Cc2cc(Cl)ccc2N1C(=O)c1ncn(C(C)(C)C)n1. The summed E-state index contributed by atoms with van der Waals surface area (Å²) in [6.45, 7) is 8.08. The monoisotopic (exact) mass is 318 g/mol. The first-order chi connectivity index (χ1) is 10.3. The van der Waals surface area contributed by atoms with Crippen molar-refractivity contribution in [3.8, 4) is 0 Å². The van der Waals surface area contributed by atoms with Gasteiger partial charge in [0.1, 0.15) is 6.33 Å². The van der Waals surface area contributed by atoms with Gasteiger partial charge in [-0.2, -0.15) is 0 Å². The molecule has 22 heavy (non-hydrogen) atoms. The Bertz CT molecular complexity index is 732. The Hall–Kier alpha value is -1.88. The van der Waals surface area contributed by atoms with Crippen molar-refractivity contribution in [3.63, 3.8) is 0 Å². The average Bonchev–Trinajstić information content (AvgIpc) is 3.00. The summed E-state index contributed by atoms with van der Waals surface area (Å²) in [7, 11) is 0. The van der Waals surface area contributed by atoms with Crippen LogP contribution < -0.4 is 4.90 Å². The molecule has 0 fully saturated rings. The Kier molecular flexibility index (Phi) is 3.48. The molecule has 1 unspecified atom stereocenters. The lowest BCUT2D eigenvalue weighted by Crippen LogP contribution is -2.36. The van der Waals surface area contributed by atoms with Crippen molar-refractivity contribution in [3.05, 3.63) is 40.9 Å². The summed E-state index contributed by atoms with van der Waals surface area (Å²) in [6, 6.07) is 5.68. The molecule has 3 rings (SSSR count). The van der Waals surface area contributed by atoms with Crippen molar-refractivity contribution in [2.45, 2.75) is 45.7 Å². The van der Waals surface area contributed by atoms with Crippen LogP contribution in [-0.4, -0.2) is 26.7 Å². The third-order valence-corrected chi connectivity index (χ3v) is 4.08. The molecule has 0 N–H and O–H groups in total. The normalized spacial score (nSPS) is 17.7. The molecule has 0 spiro atoms. The minimum atomic E-state index is -0.201. The van der Waals surface area contributed by atoms with Gasteiger partial charge in [-0.3, -0.25) is 4.79 Å². The van der Waals surface area contributed by atoms with Crippen LogP contribution >= 0.6 is 11.6 Å². The van der Waals surface area contributed by atoms with Gasteiger partial charge in [0.05, 0.1) is 5.54 Å². The maximum atomic E-state index is 12.8. The molecule has 0 radical (unpaired) electrons. The van der Waals surface area contributed by atoms with E-state index in [4.69, 9.17) is 11.6 Å². The molecule has 2 heterocycles. The molecule has 1 amide bonds. The molecule has 0 saturated carbocycles. The highest BCUT2D eigenvalue weighted by Crippen LogP contribution is 2.34. The zero-order valence-electron chi connectivity index (χ0n) is 13.2. The lowest BCUT2D eigenvalue weighted by atomic mass is 10.1. The second-order valence-electron chi connectivity index (χ2n) is 6.68. The first-order valence-electron chi connectivity index (χ1n) is 7.31. The van der Waals surface area contributed by atoms with E-state index in [-0.39, 0.29) is 23.3 Å². The molecule has 2 aromatic rings. The molecule has 1 aliphatic rings. The number of nitrogens with zero attached hydrogens (tertiary/aromatic N) is 4. The van der Waals surface area contributed by atoms with E-state index in [0.717, 1.165) is 17.7 Å². The van der Waals surface area contributed by atoms with Crippen molar-refractivity contribution in [2.75, 3.05) is 4.90 Å². The number of rotatable bonds is 1. The Morgan fingerprint density at radius 1 is 1.36 bits per heavy atom. The molecule has 116 valence electrons. The minimum absolute atomic E-state index is 0.0718. The number of halogens is 1. The zero-order chi connectivity index (χ0) is 16.1. The molecule has 0 saturated heterocycles. The second kappa shape index (κ2) is 5.09. The van der Waals surface area contributed by atoms with Gasteiger partial charge in [0.2, 0.25) is 5.82 Å². The molecule has 1 aliphatic heterocycles. The van der Waals surface area contributed by atoms with E-state index >= 15 is 0 Å². The highest BCUT2D eigenvalue weighted by atomic mass is 35.5. The van der Waals surface area contributed by atoms with Crippen LogP contribution in [0.3, 0.4) is 0 Å². The van der Waals surface area contributed by atoms with Gasteiger partial charge in [0.15, 0.2) is 0 Å². The molecule has 1 aromatic carbocycles. The molecular weight excluding hydrogens is 300 g/mol. The Labute approximate surface area is 134 Å². The van der Waals surface area contributed by atoms with Crippen molar-refractivity contribution in [1.29, 1.82) is 0 Å². The summed E-state index contributed by atoms with van der Waals surface area (Å²) in [4.78, 5) is 18.7. The fraction of sp³-hybridized carbons (Fsp3) is 0.438. The molecular formula is C16H19ClN4O. The van der Waals surface area contributed by atoms with Crippen LogP contribution in [0.4, 0.5) is 5.69 Å². The van der Waals surface area contributed by atoms with E-state index in [1.54, 1.807) is 22.0 Å². The predicted octanol–water partition coefficient (Wildman–Crippen LogP) is 3.28. The third kappa shape index (κ3) is 2.50. The third-order valence-electron chi connectivity index (χ3n) is 3.85. The number of aromatic nitrogens is 3. The van der Waals surface area contributed by atoms with E-state index in [9.17, 15) is 4.79 Å². The van der Waals surface area contributed by atoms with Crippen LogP contribution in [0.1, 0.15) is 43.9 Å². The summed E-state index contributed by atoms with van der Waals surface area (Å²) < 4.78 is 1.71. The van der Waals surface area contributed by atoms with Crippen molar-refractivity contribution in [1.82, 2.24) is 14.8 Å². The number of carbonyl (C=O) groups is 1. The molecule has 5 nitrogen and oxygen atoms in total. The number of hydrogen-bond acceptors (Lipinski definition) is 3. The summed E-state index contributed by atoms with van der Waals surface area (Å²) in [5, 5.41) is 5.03. The average molecular weight is 319 g/mol. The number of fused-ring (bicyclic) bond motifs is 1. The van der Waals surface area contributed by atoms with Crippen LogP contribution in [0.2, 0.25) is 5.02 Å². The first kappa shape index (κ1) is 15.0. The van der Waals surface area contributed by atoms with Crippen LogP contribution in [0, 0.1) is 0 Å². The first-order valence-corrected chi connectivity index (χ1v) is 7.69.